The highest BCUT2D eigenvalue weighted by molar-refractivity contribution is 7.80. The first-order valence-corrected chi connectivity index (χ1v) is 10.4. The van der Waals surface area contributed by atoms with Gasteiger partial charge in [-0.15, -0.1) is 0 Å². The Morgan fingerprint density at radius 3 is 2.69 bits per heavy atom. The Morgan fingerprint density at radius 2 is 1.97 bits per heavy atom. The number of methoxy groups -OCH3 is 1. The van der Waals surface area contributed by atoms with Gasteiger partial charge in [-0.05, 0) is 42.5 Å². The van der Waals surface area contributed by atoms with Crippen molar-refractivity contribution in [1.29, 1.82) is 0 Å². The average Bonchev–Trinajstić information content (AvgIpc) is 3.42. The number of hydrogen-bond donors (Lipinski definition) is 2. The van der Waals surface area contributed by atoms with E-state index >= 15 is 0 Å². The van der Waals surface area contributed by atoms with Crippen molar-refractivity contribution in [3.63, 3.8) is 0 Å². The number of thiocarbonyl (C=S) groups is 1. The monoisotopic (exact) mass is 451 g/mol. The molecule has 0 bridgehead atoms. The van der Waals surface area contributed by atoms with E-state index < -0.39 is 5.97 Å². The third-order valence-electron chi connectivity index (χ3n) is 5.32. The number of ether oxygens (including phenoxy) is 1. The van der Waals surface area contributed by atoms with Crippen LogP contribution in [0.2, 0.25) is 0 Å². The van der Waals surface area contributed by atoms with E-state index in [1.807, 2.05) is 23.1 Å². The molecular formula is C23H21N3O5S. The topological polar surface area (TPSA) is 105 Å². The molecule has 3 heterocycles. The van der Waals surface area contributed by atoms with Gasteiger partial charge in [0.05, 0.1) is 30.8 Å². The first kappa shape index (κ1) is 21.5. The van der Waals surface area contributed by atoms with Gasteiger partial charge in [0.15, 0.2) is 5.11 Å². The number of aromatic nitrogens is 1. The van der Waals surface area contributed by atoms with E-state index in [4.69, 9.17) is 21.4 Å². The number of pyridine rings is 1. The fraction of sp³-hybridized carbons (Fsp3) is 0.217. The first-order chi connectivity index (χ1) is 15.5. The Kier molecular flexibility index (Phi) is 6.18. The van der Waals surface area contributed by atoms with Crippen LogP contribution >= 0.6 is 12.2 Å². The minimum Gasteiger partial charge on any atom is -0.478 e. The maximum atomic E-state index is 11.8. The van der Waals surface area contributed by atoms with Gasteiger partial charge >= 0.3 is 11.9 Å². The second-order valence-corrected chi connectivity index (χ2v) is 7.59. The average molecular weight is 452 g/mol. The van der Waals surface area contributed by atoms with Gasteiger partial charge in [0, 0.05) is 18.3 Å². The van der Waals surface area contributed by atoms with Crippen molar-refractivity contribution in [3.05, 3.63) is 77.8 Å². The lowest BCUT2D eigenvalue weighted by Gasteiger charge is -2.25. The molecule has 1 aliphatic rings. The second-order valence-electron chi connectivity index (χ2n) is 7.20. The van der Waals surface area contributed by atoms with E-state index in [1.165, 1.54) is 13.2 Å². The Balaban J connectivity index is 1.72. The third kappa shape index (κ3) is 4.19. The van der Waals surface area contributed by atoms with Gasteiger partial charge < -0.3 is 24.5 Å². The first-order valence-electron chi connectivity index (χ1n) is 9.97. The van der Waals surface area contributed by atoms with Gasteiger partial charge in [-0.2, -0.15) is 0 Å². The standard InChI is InChI=1S/C23H21N3O5S/c1-30-19(27)11-13-26-21(20(25-23(26)32)16-8-4-5-12-24-16)18-10-9-17(31-18)14-6-2-3-7-15(14)22(28)29/h2-10,12,20-21H,11,13H2,1H3,(H,25,32)(H,28,29)/t20-,21+/m1/s1. The van der Waals surface area contributed by atoms with Crippen molar-refractivity contribution < 1.29 is 23.8 Å². The molecule has 0 radical (unpaired) electrons. The van der Waals surface area contributed by atoms with Crippen LogP contribution in [0.25, 0.3) is 11.3 Å². The highest BCUT2D eigenvalue weighted by Crippen LogP contribution is 2.40. The van der Waals surface area contributed by atoms with Crippen LogP contribution in [0.15, 0.2) is 65.2 Å². The summed E-state index contributed by atoms with van der Waals surface area (Å²) in [6, 6.07) is 15.1. The van der Waals surface area contributed by atoms with Crippen molar-refractivity contribution in [3.8, 4) is 11.3 Å². The molecule has 1 aromatic carbocycles. The third-order valence-corrected chi connectivity index (χ3v) is 5.68. The van der Waals surface area contributed by atoms with Crippen molar-refractivity contribution in [2.45, 2.75) is 18.5 Å². The number of rotatable bonds is 7. The van der Waals surface area contributed by atoms with Gasteiger partial charge in [0.2, 0.25) is 0 Å². The fourth-order valence-electron chi connectivity index (χ4n) is 3.81. The van der Waals surface area contributed by atoms with E-state index in [0.29, 0.717) is 28.7 Å². The fourth-order valence-corrected chi connectivity index (χ4v) is 4.14. The van der Waals surface area contributed by atoms with E-state index in [2.05, 4.69) is 10.3 Å². The minimum atomic E-state index is -1.03. The van der Waals surface area contributed by atoms with Crippen LogP contribution in [0.3, 0.4) is 0 Å². The molecular weight excluding hydrogens is 430 g/mol. The van der Waals surface area contributed by atoms with E-state index in [0.717, 1.165) is 5.69 Å². The summed E-state index contributed by atoms with van der Waals surface area (Å²) in [6.07, 6.45) is 1.85. The maximum absolute atomic E-state index is 11.8. The number of benzene rings is 1. The lowest BCUT2D eigenvalue weighted by atomic mass is 10.0. The SMILES string of the molecule is COC(=O)CCN1C(=S)N[C@H](c2ccccn2)[C@@H]1c1ccc(-c2ccccc2C(=O)O)o1. The molecule has 0 unspecified atom stereocenters. The number of carboxylic acids is 1. The van der Waals surface area contributed by atoms with Gasteiger partial charge in [0.25, 0.3) is 0 Å². The van der Waals surface area contributed by atoms with Crippen LogP contribution in [0, 0.1) is 0 Å². The number of furan rings is 1. The molecule has 2 aromatic heterocycles. The summed E-state index contributed by atoms with van der Waals surface area (Å²) in [6.45, 7) is 0.328. The Bertz CT molecular complexity index is 1150. The zero-order chi connectivity index (χ0) is 22.7. The molecule has 0 spiro atoms. The molecule has 2 N–H and O–H groups in total. The molecule has 8 nitrogen and oxygen atoms in total. The van der Waals surface area contributed by atoms with Crippen molar-refractivity contribution in [2.24, 2.45) is 0 Å². The van der Waals surface area contributed by atoms with Gasteiger partial charge in [-0.25, -0.2) is 4.79 Å². The van der Waals surface area contributed by atoms with Crippen LogP contribution in [0.1, 0.15) is 40.3 Å². The Morgan fingerprint density at radius 1 is 1.19 bits per heavy atom. The van der Waals surface area contributed by atoms with Crippen LogP contribution < -0.4 is 5.32 Å². The molecule has 0 saturated carbocycles. The van der Waals surface area contributed by atoms with Crippen molar-refractivity contribution >= 4 is 29.3 Å². The molecule has 1 saturated heterocycles. The molecule has 164 valence electrons. The highest BCUT2D eigenvalue weighted by Gasteiger charge is 2.41. The zero-order valence-corrected chi connectivity index (χ0v) is 18.0. The summed E-state index contributed by atoms with van der Waals surface area (Å²) < 4.78 is 10.9. The van der Waals surface area contributed by atoms with Crippen molar-refractivity contribution in [1.82, 2.24) is 15.2 Å². The molecule has 3 aromatic rings. The lowest BCUT2D eigenvalue weighted by molar-refractivity contribution is -0.140. The Labute approximate surface area is 189 Å². The summed E-state index contributed by atoms with van der Waals surface area (Å²) in [5.74, 6) is -0.367. The summed E-state index contributed by atoms with van der Waals surface area (Å²) in [5.41, 5.74) is 1.40. The van der Waals surface area contributed by atoms with Crippen molar-refractivity contribution in [2.75, 3.05) is 13.7 Å². The van der Waals surface area contributed by atoms with Gasteiger partial charge in [0.1, 0.15) is 17.6 Å². The van der Waals surface area contributed by atoms with Crippen LogP contribution in [-0.2, 0) is 9.53 Å². The maximum Gasteiger partial charge on any atom is 0.336 e. The van der Waals surface area contributed by atoms with Crippen LogP contribution in [0.4, 0.5) is 0 Å². The number of aromatic carboxylic acids is 1. The normalized spacial score (nSPS) is 17.8. The summed E-state index contributed by atoms with van der Waals surface area (Å²) in [7, 11) is 1.34. The predicted molar refractivity (Wildman–Crippen MR) is 120 cm³/mol. The van der Waals surface area contributed by atoms with E-state index in [-0.39, 0.29) is 30.0 Å². The number of esters is 1. The lowest BCUT2D eigenvalue weighted by Crippen LogP contribution is -2.31. The molecule has 4 rings (SSSR count). The van der Waals surface area contributed by atoms with E-state index in [9.17, 15) is 14.7 Å². The molecule has 0 aliphatic carbocycles. The molecule has 2 atom stereocenters. The van der Waals surface area contributed by atoms with Gasteiger partial charge in [-0.1, -0.05) is 24.3 Å². The summed E-state index contributed by atoms with van der Waals surface area (Å²) in [4.78, 5) is 29.7. The Hall–Kier alpha value is -3.72. The molecule has 9 heteroatoms. The quantitative estimate of drug-likeness (QED) is 0.412. The second kappa shape index (κ2) is 9.19. The number of nitrogens with zero attached hydrogens (tertiary/aromatic N) is 2. The molecule has 0 amide bonds. The van der Waals surface area contributed by atoms with Gasteiger partial charge in [-0.3, -0.25) is 9.78 Å². The number of carbonyl (C=O) groups is 2. The number of hydrogen-bond acceptors (Lipinski definition) is 6. The molecule has 32 heavy (non-hydrogen) atoms. The number of carboxylic acid groups (broad SMARTS) is 1. The number of nitrogens with one attached hydrogen (secondary N) is 1. The van der Waals surface area contributed by atoms with Crippen LogP contribution in [-0.4, -0.2) is 45.7 Å². The highest BCUT2D eigenvalue weighted by atomic mass is 32.1. The zero-order valence-electron chi connectivity index (χ0n) is 17.2. The molecule has 1 fully saturated rings. The summed E-state index contributed by atoms with van der Waals surface area (Å²) >= 11 is 5.55. The molecule has 1 aliphatic heterocycles. The smallest absolute Gasteiger partial charge is 0.336 e. The van der Waals surface area contributed by atoms with Crippen LogP contribution in [0.5, 0.6) is 0 Å². The summed E-state index contributed by atoms with van der Waals surface area (Å²) in [5, 5.41) is 13.3. The largest absolute Gasteiger partial charge is 0.478 e. The number of carbonyl (C=O) groups excluding carboxylic acids is 1. The van der Waals surface area contributed by atoms with E-state index in [1.54, 1.807) is 36.5 Å². The minimum absolute atomic E-state index is 0.150. The predicted octanol–water partition coefficient (Wildman–Crippen LogP) is 3.58.